The van der Waals surface area contributed by atoms with Gasteiger partial charge in [-0.15, -0.1) is 0 Å². The summed E-state index contributed by atoms with van der Waals surface area (Å²) in [6.45, 7) is 10.2. The topological polar surface area (TPSA) is 45.7 Å². The molecule has 1 aliphatic heterocycles. The second-order valence-corrected chi connectivity index (χ2v) is 5.03. The molecule has 1 aromatic heterocycles. The first-order valence-corrected chi connectivity index (χ1v) is 7.58. The Morgan fingerprint density at radius 2 is 2.00 bits per heavy atom. The summed E-state index contributed by atoms with van der Waals surface area (Å²) in [6.07, 6.45) is 1.61. The van der Waals surface area contributed by atoms with Crippen molar-refractivity contribution in [3.63, 3.8) is 0 Å². The summed E-state index contributed by atoms with van der Waals surface area (Å²) in [5.74, 6) is -0.273. The molecule has 0 radical (unpaired) electrons. The van der Waals surface area contributed by atoms with E-state index in [9.17, 15) is 4.79 Å². The summed E-state index contributed by atoms with van der Waals surface area (Å²) in [4.78, 5) is 20.9. The predicted molar refractivity (Wildman–Crippen MR) is 79.1 cm³/mol. The van der Waals surface area contributed by atoms with E-state index in [-0.39, 0.29) is 5.97 Å². The van der Waals surface area contributed by atoms with Crippen LogP contribution in [0.4, 0.5) is 5.13 Å². The van der Waals surface area contributed by atoms with Gasteiger partial charge in [-0.3, -0.25) is 0 Å². The summed E-state index contributed by atoms with van der Waals surface area (Å²) >= 11 is 1.41. The minimum Gasteiger partial charge on any atom is -0.462 e. The molecule has 0 bridgehead atoms. The molecule has 5 nitrogen and oxygen atoms in total. The van der Waals surface area contributed by atoms with E-state index < -0.39 is 0 Å². The highest BCUT2D eigenvalue weighted by Crippen LogP contribution is 2.23. The standard InChI is InChI=1S/C11H17N3O2S.C2H6/c1-3-16-10(15)9-8-12-11(17-9)14-6-4-13(2)5-7-14;1-2/h8H,3-7H2,1-2H3;1-2H3. The molecule has 0 saturated carbocycles. The summed E-state index contributed by atoms with van der Waals surface area (Å²) in [7, 11) is 2.11. The molecule has 1 saturated heterocycles. The fraction of sp³-hybridized carbons (Fsp3) is 0.692. The Bertz CT molecular complexity index is 387. The van der Waals surface area contributed by atoms with E-state index in [2.05, 4.69) is 21.8 Å². The Balaban J connectivity index is 0.000000861. The number of rotatable bonds is 3. The first-order valence-electron chi connectivity index (χ1n) is 6.77. The number of carbonyl (C=O) groups excluding carboxylic acids is 1. The van der Waals surface area contributed by atoms with Gasteiger partial charge in [0, 0.05) is 26.2 Å². The lowest BCUT2D eigenvalue weighted by Crippen LogP contribution is -2.44. The summed E-state index contributed by atoms with van der Waals surface area (Å²) in [6, 6.07) is 0. The molecule has 2 heterocycles. The van der Waals surface area contributed by atoms with E-state index in [0.29, 0.717) is 11.5 Å². The first kappa shape index (κ1) is 15.9. The molecule has 0 aromatic carbocycles. The van der Waals surface area contributed by atoms with Crippen LogP contribution in [0.15, 0.2) is 6.20 Å². The average molecular weight is 285 g/mol. The zero-order valence-electron chi connectivity index (χ0n) is 12.2. The van der Waals surface area contributed by atoms with E-state index in [4.69, 9.17) is 4.74 Å². The molecule has 0 amide bonds. The number of carbonyl (C=O) groups is 1. The van der Waals surface area contributed by atoms with Gasteiger partial charge in [0.25, 0.3) is 0 Å². The van der Waals surface area contributed by atoms with Crippen molar-refractivity contribution in [3.05, 3.63) is 11.1 Å². The summed E-state index contributed by atoms with van der Waals surface area (Å²) in [5, 5.41) is 0.918. The van der Waals surface area contributed by atoms with Crippen LogP contribution in [-0.4, -0.2) is 55.7 Å². The van der Waals surface area contributed by atoms with Gasteiger partial charge in [-0.25, -0.2) is 9.78 Å². The highest BCUT2D eigenvalue weighted by atomic mass is 32.1. The van der Waals surface area contributed by atoms with Crippen LogP contribution in [0.25, 0.3) is 0 Å². The quantitative estimate of drug-likeness (QED) is 0.796. The fourth-order valence-electron chi connectivity index (χ4n) is 1.71. The van der Waals surface area contributed by atoms with E-state index in [1.54, 1.807) is 13.1 Å². The van der Waals surface area contributed by atoms with Crippen molar-refractivity contribution in [1.82, 2.24) is 9.88 Å². The average Bonchev–Trinajstić information content (AvgIpc) is 2.92. The second-order valence-electron chi connectivity index (χ2n) is 4.02. The number of hydrogen-bond donors (Lipinski definition) is 0. The Kier molecular flexibility index (Phi) is 6.80. The largest absolute Gasteiger partial charge is 0.462 e. The summed E-state index contributed by atoms with van der Waals surface area (Å²) in [5.41, 5.74) is 0. The highest BCUT2D eigenvalue weighted by Gasteiger charge is 2.19. The van der Waals surface area contributed by atoms with Crippen LogP contribution in [0.5, 0.6) is 0 Å². The van der Waals surface area contributed by atoms with Crippen molar-refractivity contribution in [2.24, 2.45) is 0 Å². The maximum absolute atomic E-state index is 11.5. The number of esters is 1. The van der Waals surface area contributed by atoms with E-state index in [1.165, 1.54) is 11.3 Å². The third-order valence-electron chi connectivity index (χ3n) is 2.74. The third-order valence-corrected chi connectivity index (χ3v) is 3.78. The Labute approximate surface area is 119 Å². The van der Waals surface area contributed by atoms with Gasteiger partial charge in [0.2, 0.25) is 0 Å². The van der Waals surface area contributed by atoms with Crippen LogP contribution < -0.4 is 4.90 Å². The van der Waals surface area contributed by atoms with Gasteiger partial charge in [-0.05, 0) is 14.0 Å². The SMILES string of the molecule is CC.CCOC(=O)c1cnc(N2CCN(C)CC2)s1. The Hall–Kier alpha value is -1.14. The maximum Gasteiger partial charge on any atom is 0.350 e. The molecular formula is C13H23N3O2S. The van der Waals surface area contributed by atoms with Crippen LogP contribution in [0.2, 0.25) is 0 Å². The van der Waals surface area contributed by atoms with Crippen LogP contribution in [0, 0.1) is 0 Å². The zero-order valence-corrected chi connectivity index (χ0v) is 13.0. The molecule has 0 unspecified atom stereocenters. The number of hydrogen-bond acceptors (Lipinski definition) is 6. The molecule has 108 valence electrons. The van der Waals surface area contributed by atoms with Gasteiger partial charge in [0.15, 0.2) is 5.13 Å². The molecular weight excluding hydrogens is 262 g/mol. The minimum atomic E-state index is -0.273. The van der Waals surface area contributed by atoms with Crippen LogP contribution in [-0.2, 0) is 4.74 Å². The monoisotopic (exact) mass is 285 g/mol. The number of anilines is 1. The number of thiazole rings is 1. The van der Waals surface area contributed by atoms with Crippen molar-refractivity contribution in [1.29, 1.82) is 0 Å². The Morgan fingerprint density at radius 3 is 2.58 bits per heavy atom. The minimum absolute atomic E-state index is 0.273. The van der Waals surface area contributed by atoms with Crippen molar-refractivity contribution < 1.29 is 9.53 Å². The lowest BCUT2D eigenvalue weighted by molar-refractivity contribution is 0.0532. The molecule has 0 N–H and O–H groups in total. The van der Waals surface area contributed by atoms with E-state index in [1.807, 2.05) is 13.8 Å². The van der Waals surface area contributed by atoms with Crippen molar-refractivity contribution in [3.8, 4) is 0 Å². The molecule has 6 heteroatoms. The normalized spacial score (nSPS) is 15.7. The molecule has 0 atom stereocenters. The fourth-order valence-corrected chi connectivity index (χ4v) is 2.57. The molecule has 0 spiro atoms. The van der Waals surface area contributed by atoms with E-state index >= 15 is 0 Å². The van der Waals surface area contributed by atoms with Crippen LogP contribution in [0.1, 0.15) is 30.4 Å². The van der Waals surface area contributed by atoms with Gasteiger partial charge < -0.3 is 14.5 Å². The van der Waals surface area contributed by atoms with Gasteiger partial charge in [-0.1, -0.05) is 25.2 Å². The second kappa shape index (κ2) is 8.12. The van der Waals surface area contributed by atoms with Gasteiger partial charge in [0.1, 0.15) is 4.88 Å². The molecule has 1 aliphatic rings. The Morgan fingerprint density at radius 1 is 1.37 bits per heavy atom. The number of nitrogens with zero attached hydrogens (tertiary/aromatic N) is 3. The summed E-state index contributed by atoms with van der Waals surface area (Å²) < 4.78 is 4.95. The molecule has 19 heavy (non-hydrogen) atoms. The lowest BCUT2D eigenvalue weighted by atomic mass is 10.3. The van der Waals surface area contributed by atoms with Crippen molar-refractivity contribution in [2.75, 3.05) is 44.7 Å². The van der Waals surface area contributed by atoms with Crippen molar-refractivity contribution in [2.45, 2.75) is 20.8 Å². The maximum atomic E-state index is 11.5. The van der Waals surface area contributed by atoms with Gasteiger partial charge in [-0.2, -0.15) is 0 Å². The van der Waals surface area contributed by atoms with E-state index in [0.717, 1.165) is 31.3 Å². The molecule has 2 rings (SSSR count). The predicted octanol–water partition coefficient (Wildman–Crippen LogP) is 2.10. The number of piperazine rings is 1. The number of aromatic nitrogens is 1. The third kappa shape index (κ3) is 4.47. The molecule has 1 fully saturated rings. The van der Waals surface area contributed by atoms with Gasteiger partial charge in [0.05, 0.1) is 12.8 Å². The number of likely N-dealkylation sites (N-methyl/N-ethyl adjacent to an activating group) is 1. The number of ether oxygens (including phenoxy) is 1. The van der Waals surface area contributed by atoms with Crippen LogP contribution >= 0.6 is 11.3 Å². The molecule has 1 aromatic rings. The first-order chi connectivity index (χ1) is 9.20. The van der Waals surface area contributed by atoms with Gasteiger partial charge >= 0.3 is 5.97 Å². The molecule has 0 aliphatic carbocycles. The zero-order chi connectivity index (χ0) is 14.3. The van der Waals surface area contributed by atoms with Crippen LogP contribution in [0.3, 0.4) is 0 Å². The van der Waals surface area contributed by atoms with Crippen molar-refractivity contribution >= 4 is 22.4 Å². The highest BCUT2D eigenvalue weighted by molar-refractivity contribution is 7.17. The smallest absolute Gasteiger partial charge is 0.350 e. The lowest BCUT2D eigenvalue weighted by Gasteiger charge is -2.31.